The summed E-state index contributed by atoms with van der Waals surface area (Å²) >= 11 is 1.37. The number of aromatic nitrogens is 3. The summed E-state index contributed by atoms with van der Waals surface area (Å²) in [5, 5.41) is 12.3. The molecule has 0 unspecified atom stereocenters. The van der Waals surface area contributed by atoms with Gasteiger partial charge in [-0.25, -0.2) is 0 Å². The number of hydrogen-bond donors (Lipinski definition) is 1. The SMILES string of the molecule is Cc1ccc(-n2c(SCC(=O)NC(C)(C)C)nnc2-c2ccoc2C)cc1. The maximum atomic E-state index is 12.2. The van der Waals surface area contributed by atoms with E-state index in [0.29, 0.717) is 11.0 Å². The molecule has 142 valence electrons. The number of carbonyl (C=O) groups is 1. The Morgan fingerprint density at radius 3 is 2.44 bits per heavy atom. The number of hydrogen-bond acceptors (Lipinski definition) is 5. The number of thioether (sulfide) groups is 1. The largest absolute Gasteiger partial charge is 0.469 e. The highest BCUT2D eigenvalue weighted by Gasteiger charge is 2.20. The van der Waals surface area contributed by atoms with E-state index in [4.69, 9.17) is 4.42 Å². The molecule has 0 saturated heterocycles. The molecule has 0 atom stereocenters. The van der Waals surface area contributed by atoms with Gasteiger partial charge in [0.05, 0.1) is 17.6 Å². The molecule has 3 aromatic rings. The average Bonchev–Trinajstić information content (AvgIpc) is 3.18. The zero-order valence-electron chi connectivity index (χ0n) is 16.2. The van der Waals surface area contributed by atoms with Crippen LogP contribution in [0.2, 0.25) is 0 Å². The zero-order chi connectivity index (χ0) is 19.6. The van der Waals surface area contributed by atoms with Crippen molar-refractivity contribution in [3.63, 3.8) is 0 Å². The van der Waals surface area contributed by atoms with Crippen molar-refractivity contribution in [2.75, 3.05) is 5.75 Å². The molecular weight excluding hydrogens is 360 g/mol. The molecule has 6 nitrogen and oxygen atoms in total. The topological polar surface area (TPSA) is 73.0 Å². The number of nitrogens with one attached hydrogen (secondary N) is 1. The summed E-state index contributed by atoms with van der Waals surface area (Å²) in [6, 6.07) is 10.0. The van der Waals surface area contributed by atoms with Gasteiger partial charge >= 0.3 is 0 Å². The Morgan fingerprint density at radius 2 is 1.85 bits per heavy atom. The summed E-state index contributed by atoms with van der Waals surface area (Å²) in [6.45, 7) is 9.83. The number of benzene rings is 1. The van der Waals surface area contributed by atoms with Gasteiger partial charge in [-0.15, -0.1) is 10.2 Å². The van der Waals surface area contributed by atoms with E-state index in [9.17, 15) is 4.79 Å². The van der Waals surface area contributed by atoms with Crippen LogP contribution in [0.4, 0.5) is 0 Å². The lowest BCUT2D eigenvalue weighted by molar-refractivity contribution is -0.119. The van der Waals surface area contributed by atoms with Crippen LogP contribution in [0.15, 0.2) is 46.2 Å². The number of amides is 1. The molecule has 0 aliphatic heterocycles. The van der Waals surface area contributed by atoms with Gasteiger partial charge in [0.25, 0.3) is 0 Å². The fourth-order valence-electron chi connectivity index (χ4n) is 2.67. The Bertz CT molecular complexity index is 936. The molecule has 2 aromatic heterocycles. The van der Waals surface area contributed by atoms with Crippen LogP contribution >= 0.6 is 11.8 Å². The highest BCUT2D eigenvalue weighted by molar-refractivity contribution is 7.99. The summed E-state index contributed by atoms with van der Waals surface area (Å²) in [5.74, 6) is 1.71. The molecule has 1 amide bonds. The fourth-order valence-corrected chi connectivity index (χ4v) is 3.42. The van der Waals surface area contributed by atoms with E-state index in [1.807, 2.05) is 69.5 Å². The molecule has 27 heavy (non-hydrogen) atoms. The molecule has 0 aliphatic carbocycles. The molecular formula is C20H24N4O2S. The third-order valence-corrected chi connectivity index (χ3v) is 4.80. The molecule has 0 spiro atoms. The normalized spacial score (nSPS) is 11.6. The lowest BCUT2D eigenvalue weighted by atomic mass is 10.1. The van der Waals surface area contributed by atoms with Gasteiger partial charge in [0.2, 0.25) is 5.91 Å². The summed E-state index contributed by atoms with van der Waals surface area (Å²) in [5.41, 5.74) is 2.74. The third-order valence-electron chi connectivity index (χ3n) is 3.87. The van der Waals surface area contributed by atoms with Crippen molar-refractivity contribution in [1.29, 1.82) is 0 Å². The maximum Gasteiger partial charge on any atom is 0.230 e. The summed E-state index contributed by atoms with van der Waals surface area (Å²) in [6.07, 6.45) is 1.64. The van der Waals surface area contributed by atoms with Crippen LogP contribution in [0.25, 0.3) is 17.1 Å². The number of furan rings is 1. The van der Waals surface area contributed by atoms with E-state index in [-0.39, 0.29) is 17.2 Å². The van der Waals surface area contributed by atoms with Crippen molar-refractivity contribution >= 4 is 17.7 Å². The van der Waals surface area contributed by atoms with Crippen molar-refractivity contribution in [3.8, 4) is 17.1 Å². The molecule has 0 fully saturated rings. The second-order valence-corrected chi connectivity index (χ2v) is 8.40. The Balaban J connectivity index is 1.95. The minimum atomic E-state index is -0.263. The number of carbonyl (C=O) groups excluding carboxylic acids is 1. The van der Waals surface area contributed by atoms with E-state index >= 15 is 0 Å². The summed E-state index contributed by atoms with van der Waals surface area (Å²) in [7, 11) is 0. The quantitative estimate of drug-likeness (QED) is 0.669. The molecule has 0 radical (unpaired) electrons. The standard InChI is InChI=1S/C20H24N4O2S/c1-13-6-8-15(9-7-13)24-18(16-10-11-26-14(16)2)22-23-19(24)27-12-17(25)21-20(3,4)5/h6-11H,12H2,1-5H3,(H,21,25). The second-order valence-electron chi connectivity index (χ2n) is 7.45. The van der Waals surface area contributed by atoms with E-state index in [0.717, 1.165) is 17.0 Å². The van der Waals surface area contributed by atoms with Gasteiger partial charge in [0.1, 0.15) is 5.76 Å². The molecule has 3 rings (SSSR count). The first-order valence-electron chi connectivity index (χ1n) is 8.75. The minimum absolute atomic E-state index is 0.0352. The number of aryl methyl sites for hydroxylation is 2. The number of rotatable bonds is 5. The molecule has 2 heterocycles. The lowest BCUT2D eigenvalue weighted by Crippen LogP contribution is -2.41. The Hall–Kier alpha value is -2.54. The Labute approximate surface area is 163 Å². The second kappa shape index (κ2) is 7.60. The maximum absolute atomic E-state index is 12.2. The van der Waals surface area contributed by atoms with Crippen molar-refractivity contribution in [3.05, 3.63) is 47.9 Å². The third kappa shape index (κ3) is 4.60. The van der Waals surface area contributed by atoms with Crippen molar-refractivity contribution in [2.45, 2.75) is 45.3 Å². The van der Waals surface area contributed by atoms with Crippen LogP contribution in [-0.2, 0) is 4.79 Å². The van der Waals surface area contributed by atoms with E-state index in [1.165, 1.54) is 17.3 Å². The van der Waals surface area contributed by atoms with E-state index < -0.39 is 0 Å². The van der Waals surface area contributed by atoms with Crippen LogP contribution in [0, 0.1) is 13.8 Å². The van der Waals surface area contributed by atoms with Crippen LogP contribution in [0.3, 0.4) is 0 Å². The molecule has 0 aliphatic rings. The van der Waals surface area contributed by atoms with Gasteiger partial charge in [-0.3, -0.25) is 9.36 Å². The summed E-state index contributed by atoms with van der Waals surface area (Å²) < 4.78 is 7.40. The highest BCUT2D eigenvalue weighted by atomic mass is 32.2. The molecule has 0 bridgehead atoms. The monoisotopic (exact) mass is 384 g/mol. The van der Waals surface area contributed by atoms with Gasteiger partial charge < -0.3 is 9.73 Å². The first kappa shape index (κ1) is 19.2. The van der Waals surface area contributed by atoms with Crippen LogP contribution < -0.4 is 5.32 Å². The predicted octanol–water partition coefficient (Wildman–Crippen LogP) is 4.15. The molecule has 1 aromatic carbocycles. The van der Waals surface area contributed by atoms with Crippen LogP contribution in [0.1, 0.15) is 32.1 Å². The van der Waals surface area contributed by atoms with Crippen LogP contribution in [-0.4, -0.2) is 32.0 Å². The van der Waals surface area contributed by atoms with Gasteiger partial charge in [0.15, 0.2) is 11.0 Å². The molecule has 1 N–H and O–H groups in total. The number of nitrogens with zero attached hydrogens (tertiary/aromatic N) is 3. The van der Waals surface area contributed by atoms with Crippen molar-refractivity contribution < 1.29 is 9.21 Å². The van der Waals surface area contributed by atoms with Gasteiger partial charge in [-0.1, -0.05) is 29.5 Å². The molecule has 0 saturated carbocycles. The predicted molar refractivity (Wildman–Crippen MR) is 107 cm³/mol. The average molecular weight is 385 g/mol. The molecule has 7 heteroatoms. The minimum Gasteiger partial charge on any atom is -0.469 e. The van der Waals surface area contributed by atoms with E-state index in [2.05, 4.69) is 15.5 Å². The van der Waals surface area contributed by atoms with Crippen molar-refractivity contribution in [1.82, 2.24) is 20.1 Å². The fraction of sp³-hybridized carbons (Fsp3) is 0.350. The highest BCUT2D eigenvalue weighted by Crippen LogP contribution is 2.30. The first-order valence-corrected chi connectivity index (χ1v) is 9.74. The zero-order valence-corrected chi connectivity index (χ0v) is 17.1. The van der Waals surface area contributed by atoms with Gasteiger partial charge in [-0.2, -0.15) is 0 Å². The smallest absolute Gasteiger partial charge is 0.230 e. The Kier molecular flexibility index (Phi) is 5.41. The lowest BCUT2D eigenvalue weighted by Gasteiger charge is -2.20. The van der Waals surface area contributed by atoms with E-state index in [1.54, 1.807) is 6.26 Å². The van der Waals surface area contributed by atoms with Gasteiger partial charge in [-0.05, 0) is 52.8 Å². The Morgan fingerprint density at radius 1 is 1.15 bits per heavy atom. The summed E-state index contributed by atoms with van der Waals surface area (Å²) in [4.78, 5) is 12.2. The van der Waals surface area contributed by atoms with Crippen molar-refractivity contribution in [2.24, 2.45) is 0 Å². The van der Waals surface area contributed by atoms with Crippen LogP contribution in [0.5, 0.6) is 0 Å². The first-order chi connectivity index (χ1) is 12.7. The van der Waals surface area contributed by atoms with Gasteiger partial charge in [0, 0.05) is 11.2 Å².